The number of benzene rings is 1. The molecule has 2 nitrogen and oxygen atoms in total. The summed E-state index contributed by atoms with van der Waals surface area (Å²) in [6, 6.07) is 10.0. The number of hydrogen-bond donors (Lipinski definition) is 0. The predicted octanol–water partition coefficient (Wildman–Crippen LogP) is 3.63. The van der Waals surface area contributed by atoms with Gasteiger partial charge < -0.3 is 4.42 Å². The quantitative estimate of drug-likeness (QED) is 0.625. The Hall–Kier alpha value is -0.840. The van der Waals surface area contributed by atoms with Crippen molar-refractivity contribution in [3.8, 4) is 11.5 Å². The fourth-order valence-electron chi connectivity index (χ4n) is 1.63. The molecular weight excluding hydrogens is 301 g/mol. The summed E-state index contributed by atoms with van der Waals surface area (Å²) in [6.45, 7) is 0. The number of rotatable bonds is 2. The number of halogens is 1. The Morgan fingerprint density at radius 3 is 2.67 bits per heavy atom. The SMILES string of the molecule is I[C@H]1C[C@@H]1c1cnc(-c2ccccc2)o1. The highest BCUT2D eigenvalue weighted by Gasteiger charge is 2.38. The molecule has 1 aromatic carbocycles. The van der Waals surface area contributed by atoms with Crippen LogP contribution < -0.4 is 0 Å². The average Bonchev–Trinajstić information content (AvgIpc) is 2.83. The van der Waals surface area contributed by atoms with Gasteiger partial charge in [0.15, 0.2) is 0 Å². The summed E-state index contributed by atoms with van der Waals surface area (Å²) in [5, 5.41) is 0. The summed E-state index contributed by atoms with van der Waals surface area (Å²) >= 11 is 2.46. The molecule has 1 heterocycles. The second kappa shape index (κ2) is 3.63. The summed E-state index contributed by atoms with van der Waals surface area (Å²) in [4.78, 5) is 4.31. The van der Waals surface area contributed by atoms with Crippen LogP contribution in [0.2, 0.25) is 0 Å². The van der Waals surface area contributed by atoms with E-state index in [-0.39, 0.29) is 0 Å². The van der Waals surface area contributed by atoms with E-state index in [1.54, 1.807) is 0 Å². The van der Waals surface area contributed by atoms with E-state index in [0.717, 1.165) is 21.1 Å². The van der Waals surface area contributed by atoms with Crippen molar-refractivity contribution in [3.05, 3.63) is 42.3 Å². The topological polar surface area (TPSA) is 26.0 Å². The number of alkyl halides is 1. The lowest BCUT2D eigenvalue weighted by Gasteiger charge is -1.93. The molecule has 0 unspecified atom stereocenters. The van der Waals surface area contributed by atoms with Crippen LogP contribution in [0.25, 0.3) is 11.5 Å². The Kier molecular flexibility index (Phi) is 2.27. The van der Waals surface area contributed by atoms with Gasteiger partial charge in [-0.3, -0.25) is 0 Å². The van der Waals surface area contributed by atoms with Gasteiger partial charge in [0, 0.05) is 15.4 Å². The van der Waals surface area contributed by atoms with Crippen LogP contribution in [0.4, 0.5) is 0 Å². The first-order valence-electron chi connectivity index (χ1n) is 5.00. The Morgan fingerprint density at radius 1 is 1.27 bits per heavy atom. The molecule has 2 atom stereocenters. The Bertz CT molecular complexity index is 465. The highest BCUT2D eigenvalue weighted by Crippen LogP contribution is 2.47. The molecule has 1 saturated carbocycles. The zero-order valence-corrected chi connectivity index (χ0v) is 10.2. The van der Waals surface area contributed by atoms with E-state index < -0.39 is 0 Å². The molecule has 3 heteroatoms. The third kappa shape index (κ3) is 1.80. The molecule has 15 heavy (non-hydrogen) atoms. The number of oxazole rings is 1. The molecule has 1 aliphatic carbocycles. The van der Waals surface area contributed by atoms with Gasteiger partial charge in [-0.25, -0.2) is 4.98 Å². The number of hydrogen-bond acceptors (Lipinski definition) is 2. The first-order valence-corrected chi connectivity index (χ1v) is 6.24. The van der Waals surface area contributed by atoms with Crippen LogP contribution in [0.5, 0.6) is 0 Å². The normalized spacial score (nSPS) is 24.1. The van der Waals surface area contributed by atoms with Crippen LogP contribution in [-0.4, -0.2) is 8.91 Å². The van der Waals surface area contributed by atoms with Crippen molar-refractivity contribution in [1.29, 1.82) is 0 Å². The van der Waals surface area contributed by atoms with Crippen molar-refractivity contribution in [2.45, 2.75) is 16.3 Å². The first kappa shape index (κ1) is 9.39. The second-order valence-corrected chi connectivity index (χ2v) is 5.39. The highest BCUT2D eigenvalue weighted by atomic mass is 127. The van der Waals surface area contributed by atoms with Crippen LogP contribution in [0, 0.1) is 0 Å². The summed E-state index contributed by atoms with van der Waals surface area (Å²) in [5.74, 6) is 2.37. The first-order chi connectivity index (χ1) is 7.34. The summed E-state index contributed by atoms with van der Waals surface area (Å²) in [5.41, 5.74) is 1.05. The van der Waals surface area contributed by atoms with E-state index in [2.05, 4.69) is 27.6 Å². The van der Waals surface area contributed by atoms with Crippen molar-refractivity contribution >= 4 is 22.6 Å². The molecule has 0 N–H and O–H groups in total. The zero-order valence-electron chi connectivity index (χ0n) is 8.06. The van der Waals surface area contributed by atoms with Crippen molar-refractivity contribution in [2.75, 3.05) is 0 Å². The fraction of sp³-hybridized carbons (Fsp3) is 0.250. The molecule has 76 valence electrons. The maximum atomic E-state index is 5.75. The Balaban J connectivity index is 1.91. The monoisotopic (exact) mass is 311 g/mol. The zero-order chi connectivity index (χ0) is 10.3. The summed E-state index contributed by atoms with van der Waals surface area (Å²) in [7, 11) is 0. The minimum atomic E-state index is 0.593. The van der Waals surface area contributed by atoms with E-state index >= 15 is 0 Å². The van der Waals surface area contributed by atoms with E-state index in [9.17, 15) is 0 Å². The maximum absolute atomic E-state index is 5.75. The molecule has 0 saturated heterocycles. The van der Waals surface area contributed by atoms with Gasteiger partial charge in [0.05, 0.1) is 6.20 Å². The van der Waals surface area contributed by atoms with Gasteiger partial charge in [0.1, 0.15) is 5.76 Å². The van der Waals surface area contributed by atoms with Crippen LogP contribution in [-0.2, 0) is 0 Å². The van der Waals surface area contributed by atoms with Crippen LogP contribution in [0.3, 0.4) is 0 Å². The number of aromatic nitrogens is 1. The second-order valence-electron chi connectivity index (χ2n) is 3.79. The fourth-order valence-corrected chi connectivity index (χ4v) is 2.53. The van der Waals surface area contributed by atoms with Crippen molar-refractivity contribution in [3.63, 3.8) is 0 Å². The number of nitrogens with zero attached hydrogens (tertiary/aromatic N) is 1. The third-order valence-corrected chi connectivity index (χ3v) is 4.00. The van der Waals surface area contributed by atoms with Crippen LogP contribution >= 0.6 is 22.6 Å². The molecule has 0 spiro atoms. The standard InChI is InChI=1S/C12H10INO/c13-10-6-9(10)11-7-14-12(15-11)8-4-2-1-3-5-8/h1-5,7,9-10H,6H2/t9-,10-/m0/s1. The third-order valence-electron chi connectivity index (χ3n) is 2.62. The summed E-state index contributed by atoms with van der Waals surface area (Å²) < 4.78 is 6.48. The molecule has 2 aromatic rings. The van der Waals surface area contributed by atoms with Gasteiger partial charge in [0.25, 0.3) is 0 Å². The lowest BCUT2D eigenvalue weighted by atomic mass is 10.2. The van der Waals surface area contributed by atoms with Gasteiger partial charge in [-0.05, 0) is 18.6 Å². The van der Waals surface area contributed by atoms with E-state index in [1.807, 2.05) is 36.5 Å². The minimum absolute atomic E-state index is 0.593. The van der Waals surface area contributed by atoms with Gasteiger partial charge in [-0.1, -0.05) is 40.8 Å². The molecule has 0 aliphatic heterocycles. The largest absolute Gasteiger partial charge is 0.441 e. The van der Waals surface area contributed by atoms with E-state index in [1.165, 1.54) is 6.42 Å². The maximum Gasteiger partial charge on any atom is 0.226 e. The van der Waals surface area contributed by atoms with Crippen molar-refractivity contribution in [2.24, 2.45) is 0 Å². The highest BCUT2D eigenvalue weighted by molar-refractivity contribution is 14.1. The average molecular weight is 311 g/mol. The van der Waals surface area contributed by atoms with Gasteiger partial charge in [-0.2, -0.15) is 0 Å². The smallest absolute Gasteiger partial charge is 0.226 e. The molecule has 1 aliphatic rings. The van der Waals surface area contributed by atoms with Crippen LogP contribution in [0.15, 0.2) is 40.9 Å². The molecule has 3 rings (SSSR count). The molecule has 1 fully saturated rings. The van der Waals surface area contributed by atoms with Crippen molar-refractivity contribution in [1.82, 2.24) is 4.98 Å². The van der Waals surface area contributed by atoms with Crippen LogP contribution in [0.1, 0.15) is 18.1 Å². The Morgan fingerprint density at radius 2 is 2.00 bits per heavy atom. The molecule has 0 bridgehead atoms. The Labute approximate surface area is 102 Å². The van der Waals surface area contributed by atoms with Gasteiger partial charge in [-0.15, -0.1) is 0 Å². The lowest BCUT2D eigenvalue weighted by molar-refractivity contribution is 0.521. The van der Waals surface area contributed by atoms with Gasteiger partial charge >= 0.3 is 0 Å². The molecule has 0 radical (unpaired) electrons. The lowest BCUT2D eigenvalue weighted by Crippen LogP contribution is -1.75. The predicted molar refractivity (Wildman–Crippen MR) is 67.1 cm³/mol. The van der Waals surface area contributed by atoms with E-state index in [0.29, 0.717) is 5.92 Å². The summed E-state index contributed by atoms with van der Waals surface area (Å²) in [6.07, 6.45) is 3.09. The molecule has 0 amide bonds. The van der Waals surface area contributed by atoms with Crippen molar-refractivity contribution < 1.29 is 4.42 Å². The molecular formula is C12H10INO. The van der Waals surface area contributed by atoms with E-state index in [4.69, 9.17) is 4.42 Å². The molecule has 1 aromatic heterocycles. The minimum Gasteiger partial charge on any atom is -0.441 e. The van der Waals surface area contributed by atoms with Gasteiger partial charge in [0.2, 0.25) is 5.89 Å².